The van der Waals surface area contributed by atoms with Crippen LogP contribution in [0.4, 0.5) is 5.69 Å². The Morgan fingerprint density at radius 1 is 0.581 bits per heavy atom. The summed E-state index contributed by atoms with van der Waals surface area (Å²) < 4.78 is 7.26. The standard InChI is InChI=1S/C38H19N3S2/c1-40-24-12-15-36-29(18-24)31-19-30-28-17-23(11-14-35(28)42-37(30)20-38(31)43-36)25-13-10-22(21-39)16-34(25)41-32-8-4-2-6-26(32)27-7-3-5-9-33(27)41/h2-20H. The summed E-state index contributed by atoms with van der Waals surface area (Å²) in [4.78, 5) is 3.67. The average molecular weight is 582 g/mol. The van der Waals surface area contributed by atoms with Crippen LogP contribution in [0.25, 0.3) is 83.8 Å². The fourth-order valence-electron chi connectivity index (χ4n) is 6.48. The van der Waals surface area contributed by atoms with Crippen LogP contribution in [0.5, 0.6) is 0 Å². The predicted molar refractivity (Wildman–Crippen MR) is 183 cm³/mol. The normalized spacial score (nSPS) is 11.7. The van der Waals surface area contributed by atoms with Gasteiger partial charge < -0.3 is 4.57 Å². The first-order valence-corrected chi connectivity index (χ1v) is 15.6. The van der Waals surface area contributed by atoms with E-state index in [1.165, 1.54) is 45.7 Å². The minimum absolute atomic E-state index is 0.633. The van der Waals surface area contributed by atoms with Gasteiger partial charge in [0.1, 0.15) is 0 Å². The summed E-state index contributed by atoms with van der Waals surface area (Å²) in [5.74, 6) is 0. The summed E-state index contributed by atoms with van der Waals surface area (Å²) in [7, 11) is 0. The lowest BCUT2D eigenvalue weighted by molar-refractivity contribution is 1.18. The van der Waals surface area contributed by atoms with E-state index >= 15 is 0 Å². The second kappa shape index (κ2) is 9.02. The van der Waals surface area contributed by atoms with Crippen molar-refractivity contribution in [1.82, 2.24) is 4.57 Å². The quantitative estimate of drug-likeness (QED) is 0.187. The minimum Gasteiger partial charge on any atom is -0.309 e. The summed E-state index contributed by atoms with van der Waals surface area (Å²) in [6.07, 6.45) is 0. The molecule has 198 valence electrons. The van der Waals surface area contributed by atoms with Crippen LogP contribution in [0.3, 0.4) is 0 Å². The molecule has 9 rings (SSSR count). The topological polar surface area (TPSA) is 33.1 Å². The number of hydrogen-bond donors (Lipinski definition) is 0. The molecule has 0 saturated carbocycles. The number of nitrogens with zero attached hydrogens (tertiary/aromatic N) is 3. The molecule has 0 radical (unpaired) electrons. The lowest BCUT2D eigenvalue weighted by Gasteiger charge is -2.15. The number of thiophene rings is 2. The smallest absolute Gasteiger partial charge is 0.187 e. The zero-order valence-corrected chi connectivity index (χ0v) is 24.3. The molecule has 3 aromatic heterocycles. The summed E-state index contributed by atoms with van der Waals surface area (Å²) in [6.45, 7) is 7.49. The van der Waals surface area contributed by atoms with E-state index in [0.29, 0.717) is 11.3 Å². The lowest BCUT2D eigenvalue weighted by atomic mass is 9.99. The zero-order valence-electron chi connectivity index (χ0n) is 22.6. The van der Waals surface area contributed by atoms with Crippen molar-refractivity contribution in [2.75, 3.05) is 0 Å². The van der Waals surface area contributed by atoms with Gasteiger partial charge in [0, 0.05) is 45.9 Å². The van der Waals surface area contributed by atoms with Crippen molar-refractivity contribution in [2.45, 2.75) is 0 Å². The molecule has 9 aromatic rings. The summed E-state index contributed by atoms with van der Waals surface area (Å²) in [6, 6.07) is 42.7. The Balaban J connectivity index is 1.32. The Kier molecular flexibility index (Phi) is 5.07. The van der Waals surface area contributed by atoms with Crippen LogP contribution in [0.1, 0.15) is 5.56 Å². The van der Waals surface area contributed by atoms with Gasteiger partial charge in [0.25, 0.3) is 0 Å². The highest BCUT2D eigenvalue weighted by molar-refractivity contribution is 7.28. The summed E-state index contributed by atoms with van der Waals surface area (Å²) in [5.41, 5.74) is 6.72. The molecule has 6 aromatic carbocycles. The molecule has 3 heterocycles. The van der Waals surface area contributed by atoms with Crippen LogP contribution in [0, 0.1) is 17.9 Å². The third-order valence-corrected chi connectivity index (χ3v) is 10.7. The fourth-order valence-corrected chi connectivity index (χ4v) is 8.77. The molecule has 0 aliphatic rings. The molecule has 43 heavy (non-hydrogen) atoms. The Morgan fingerprint density at radius 2 is 1.21 bits per heavy atom. The lowest BCUT2D eigenvalue weighted by Crippen LogP contribution is -1.98. The van der Waals surface area contributed by atoms with E-state index in [0.717, 1.165) is 33.2 Å². The van der Waals surface area contributed by atoms with Gasteiger partial charge in [0.2, 0.25) is 0 Å². The molecule has 3 nitrogen and oxygen atoms in total. The molecule has 0 aliphatic heterocycles. The van der Waals surface area contributed by atoms with Gasteiger partial charge in [0.05, 0.1) is 34.9 Å². The van der Waals surface area contributed by atoms with Crippen molar-refractivity contribution in [1.29, 1.82) is 5.26 Å². The SMILES string of the molecule is [C-]#[N+]c1ccc2sc3cc4sc5ccc(-c6ccc(C#N)cc6-n6c7ccccc7c7ccccc76)cc5c4cc3c2c1. The number of rotatable bonds is 2. The first kappa shape index (κ1) is 24.2. The van der Waals surface area contributed by atoms with Crippen LogP contribution in [-0.4, -0.2) is 4.57 Å². The zero-order chi connectivity index (χ0) is 28.7. The highest BCUT2D eigenvalue weighted by Crippen LogP contribution is 2.44. The van der Waals surface area contributed by atoms with E-state index < -0.39 is 0 Å². The Morgan fingerprint density at radius 3 is 1.88 bits per heavy atom. The highest BCUT2D eigenvalue weighted by atomic mass is 32.1. The molecule has 0 fully saturated rings. The van der Waals surface area contributed by atoms with Crippen LogP contribution in [0.2, 0.25) is 0 Å². The largest absolute Gasteiger partial charge is 0.309 e. The van der Waals surface area contributed by atoms with E-state index in [1.54, 1.807) is 11.3 Å². The minimum atomic E-state index is 0.633. The third-order valence-electron chi connectivity index (χ3n) is 8.43. The van der Waals surface area contributed by atoms with Crippen molar-refractivity contribution < 1.29 is 0 Å². The van der Waals surface area contributed by atoms with Gasteiger partial charge in [-0.1, -0.05) is 60.7 Å². The maximum atomic E-state index is 9.88. The number of para-hydroxylation sites is 2. The van der Waals surface area contributed by atoms with Crippen LogP contribution >= 0.6 is 22.7 Å². The van der Waals surface area contributed by atoms with Gasteiger partial charge in [-0.05, 0) is 70.9 Å². The van der Waals surface area contributed by atoms with Gasteiger partial charge in [0.15, 0.2) is 5.69 Å². The molecule has 0 unspecified atom stereocenters. The summed E-state index contributed by atoms with van der Waals surface area (Å²) >= 11 is 3.61. The molecule has 0 amide bonds. The van der Waals surface area contributed by atoms with Gasteiger partial charge in [-0.2, -0.15) is 5.26 Å². The van der Waals surface area contributed by atoms with E-state index in [4.69, 9.17) is 6.57 Å². The number of nitriles is 1. The number of hydrogen-bond acceptors (Lipinski definition) is 3. The molecular weight excluding hydrogens is 563 g/mol. The molecular formula is C38H19N3S2. The molecule has 0 saturated heterocycles. The second-order valence-corrected chi connectivity index (χ2v) is 12.9. The predicted octanol–water partition coefficient (Wildman–Crippen LogP) is 11.6. The monoisotopic (exact) mass is 581 g/mol. The number of aromatic nitrogens is 1. The highest BCUT2D eigenvalue weighted by Gasteiger charge is 2.18. The number of benzene rings is 6. The molecule has 0 aliphatic carbocycles. The van der Waals surface area contributed by atoms with Crippen molar-refractivity contribution in [3.63, 3.8) is 0 Å². The first-order chi connectivity index (χ1) is 21.2. The van der Waals surface area contributed by atoms with Gasteiger partial charge in [-0.15, -0.1) is 22.7 Å². The van der Waals surface area contributed by atoms with Crippen molar-refractivity contribution in [3.05, 3.63) is 132 Å². The first-order valence-electron chi connectivity index (χ1n) is 13.9. The van der Waals surface area contributed by atoms with Gasteiger partial charge in [-0.25, -0.2) is 4.85 Å². The maximum Gasteiger partial charge on any atom is 0.187 e. The molecule has 0 atom stereocenters. The summed E-state index contributed by atoms with van der Waals surface area (Å²) in [5, 5.41) is 17.1. The van der Waals surface area contributed by atoms with E-state index in [1.807, 2.05) is 35.6 Å². The molecule has 0 N–H and O–H groups in total. The second-order valence-electron chi connectivity index (χ2n) is 10.8. The van der Waals surface area contributed by atoms with E-state index in [2.05, 4.69) is 106 Å². The van der Waals surface area contributed by atoms with Crippen molar-refractivity contribution in [2.24, 2.45) is 0 Å². The van der Waals surface area contributed by atoms with Crippen molar-refractivity contribution in [3.8, 4) is 22.9 Å². The maximum absolute atomic E-state index is 9.88. The van der Waals surface area contributed by atoms with Crippen LogP contribution < -0.4 is 0 Å². The van der Waals surface area contributed by atoms with E-state index in [9.17, 15) is 5.26 Å². The Labute approximate surface area is 254 Å². The van der Waals surface area contributed by atoms with E-state index in [-0.39, 0.29) is 0 Å². The van der Waals surface area contributed by atoms with Crippen LogP contribution in [0.15, 0.2) is 115 Å². The van der Waals surface area contributed by atoms with Gasteiger partial charge in [-0.3, -0.25) is 0 Å². The average Bonchev–Trinajstić information content (AvgIpc) is 3.71. The molecule has 0 bridgehead atoms. The Hall–Kier alpha value is -5.46. The molecule has 5 heteroatoms. The Bertz CT molecular complexity index is 2650. The van der Waals surface area contributed by atoms with Crippen molar-refractivity contribution >= 4 is 90.5 Å². The third kappa shape index (κ3) is 3.50. The molecule has 0 spiro atoms. The fraction of sp³-hybridized carbons (Fsp3) is 0. The van der Waals surface area contributed by atoms with Gasteiger partial charge >= 0.3 is 0 Å². The van der Waals surface area contributed by atoms with Crippen LogP contribution in [-0.2, 0) is 0 Å². The number of fused-ring (bicyclic) bond motifs is 9.